The summed E-state index contributed by atoms with van der Waals surface area (Å²) in [5, 5.41) is 2.91. The number of esters is 1. The first-order chi connectivity index (χ1) is 14.7. The summed E-state index contributed by atoms with van der Waals surface area (Å²) in [5.41, 5.74) is 0.422. The average Bonchev–Trinajstić information content (AvgIpc) is 3.02. The zero-order valence-electron chi connectivity index (χ0n) is 17.7. The van der Waals surface area contributed by atoms with E-state index in [9.17, 15) is 14.0 Å². The fourth-order valence-corrected chi connectivity index (χ4v) is 3.73. The highest BCUT2D eigenvalue weighted by atomic mass is 19.1. The Morgan fingerprint density at radius 1 is 1.29 bits per heavy atom. The Labute approximate surface area is 178 Å². The zero-order chi connectivity index (χ0) is 22.2. The van der Waals surface area contributed by atoms with E-state index in [0.717, 1.165) is 25.7 Å². The van der Waals surface area contributed by atoms with Crippen LogP contribution in [0.2, 0.25) is 0 Å². The first-order valence-corrected chi connectivity index (χ1v) is 10.3. The molecule has 0 aliphatic heterocycles. The fourth-order valence-electron chi connectivity index (χ4n) is 3.73. The Morgan fingerprint density at radius 3 is 2.74 bits per heavy atom. The monoisotopic (exact) mass is 426 g/mol. The van der Waals surface area contributed by atoms with E-state index in [1.807, 2.05) is 0 Å². The minimum Gasteiger partial charge on any atom is -0.456 e. The van der Waals surface area contributed by atoms with Crippen molar-refractivity contribution in [2.45, 2.75) is 58.1 Å². The summed E-state index contributed by atoms with van der Waals surface area (Å²) in [6.07, 6.45) is 7.36. The molecule has 3 aromatic rings. The Morgan fingerprint density at radius 2 is 2.03 bits per heavy atom. The van der Waals surface area contributed by atoms with Crippen molar-refractivity contribution in [1.29, 1.82) is 0 Å². The molecule has 2 aromatic heterocycles. The molecule has 8 nitrogen and oxygen atoms in total. The summed E-state index contributed by atoms with van der Waals surface area (Å²) in [7, 11) is 0. The van der Waals surface area contributed by atoms with Crippen LogP contribution >= 0.6 is 0 Å². The van der Waals surface area contributed by atoms with Gasteiger partial charge in [0.25, 0.3) is 0 Å². The van der Waals surface area contributed by atoms with E-state index < -0.39 is 17.4 Å². The Balaban J connectivity index is 1.70. The lowest BCUT2D eigenvalue weighted by Gasteiger charge is -2.22. The van der Waals surface area contributed by atoms with Crippen LogP contribution in [0.15, 0.2) is 29.2 Å². The van der Waals surface area contributed by atoms with Gasteiger partial charge in [0, 0.05) is 6.04 Å². The van der Waals surface area contributed by atoms with E-state index in [4.69, 9.17) is 4.74 Å². The van der Waals surface area contributed by atoms with Gasteiger partial charge in [-0.15, -0.1) is 0 Å². The quantitative estimate of drug-likeness (QED) is 0.604. The molecule has 31 heavy (non-hydrogen) atoms. The van der Waals surface area contributed by atoms with Crippen molar-refractivity contribution >= 4 is 28.8 Å². The number of H-pyrrole nitrogens is 1. The molecular weight excluding hydrogens is 401 g/mol. The van der Waals surface area contributed by atoms with E-state index in [0.29, 0.717) is 11.2 Å². The third-order valence-corrected chi connectivity index (χ3v) is 5.08. The van der Waals surface area contributed by atoms with Gasteiger partial charge in [0.05, 0.1) is 17.4 Å². The number of nitrogens with zero attached hydrogens (tertiary/aromatic N) is 3. The van der Waals surface area contributed by atoms with E-state index >= 15 is 0 Å². The Kier molecular flexibility index (Phi) is 5.51. The standard InChI is InChI=1S/C22H25FN5O3/c1-22(2,3)31-19(29)15-10-9-13(23)11-16(15)25-20-24-12-17-18(27-20)28(21(30)26-17)14-7-5-4-6-8-14/h4,9-12,14H,5-8H2,1-3H3,(H,26,30)(H,24,25,27). The SMILES string of the molecule is CC(C)(C)OC(=O)c1ccc(F)cc1Nc1ncc2[nH]c(=O)n(C3CC[CH]CC3)c2n1. The molecular formula is C22H25FN5O3. The van der Waals surface area contributed by atoms with Crippen molar-refractivity contribution in [3.8, 4) is 0 Å². The van der Waals surface area contributed by atoms with Crippen molar-refractivity contribution in [3.05, 3.63) is 52.7 Å². The van der Waals surface area contributed by atoms with E-state index in [1.54, 1.807) is 25.3 Å². The van der Waals surface area contributed by atoms with Gasteiger partial charge in [0.15, 0.2) is 5.65 Å². The number of ether oxygens (including phenoxy) is 1. The van der Waals surface area contributed by atoms with Crippen LogP contribution in [-0.4, -0.2) is 31.1 Å². The van der Waals surface area contributed by atoms with Gasteiger partial charge in [-0.25, -0.2) is 19.0 Å². The minimum absolute atomic E-state index is 0.0560. The third kappa shape index (κ3) is 4.60. The van der Waals surface area contributed by atoms with E-state index in [-0.39, 0.29) is 28.9 Å². The highest BCUT2D eigenvalue weighted by Crippen LogP contribution is 2.29. The minimum atomic E-state index is -0.698. The van der Waals surface area contributed by atoms with Crippen LogP contribution in [0.4, 0.5) is 16.0 Å². The van der Waals surface area contributed by atoms with Crippen LogP contribution in [0, 0.1) is 12.2 Å². The summed E-state index contributed by atoms with van der Waals surface area (Å²) in [5.74, 6) is -0.959. The number of aromatic nitrogens is 4. The molecule has 1 aromatic carbocycles. The maximum absolute atomic E-state index is 13.9. The number of imidazole rings is 1. The summed E-state index contributed by atoms with van der Waals surface area (Å²) >= 11 is 0. The molecule has 1 fully saturated rings. The second-order valence-corrected chi connectivity index (χ2v) is 8.65. The first kappa shape index (κ1) is 21.0. The predicted molar refractivity (Wildman–Crippen MR) is 115 cm³/mol. The van der Waals surface area contributed by atoms with E-state index in [1.165, 1.54) is 24.4 Å². The van der Waals surface area contributed by atoms with Gasteiger partial charge >= 0.3 is 11.7 Å². The lowest BCUT2D eigenvalue weighted by Crippen LogP contribution is -2.24. The molecule has 0 amide bonds. The molecule has 0 unspecified atom stereocenters. The maximum atomic E-state index is 13.9. The molecule has 0 spiro atoms. The largest absolute Gasteiger partial charge is 0.456 e. The van der Waals surface area contributed by atoms with Gasteiger partial charge < -0.3 is 15.0 Å². The normalized spacial score (nSPS) is 15.2. The number of anilines is 2. The smallest absolute Gasteiger partial charge is 0.340 e. The molecule has 2 N–H and O–H groups in total. The number of rotatable bonds is 4. The zero-order valence-corrected chi connectivity index (χ0v) is 17.7. The summed E-state index contributed by atoms with van der Waals surface area (Å²) in [6, 6.07) is 3.79. The van der Waals surface area contributed by atoms with Crippen LogP contribution in [0.3, 0.4) is 0 Å². The Hall–Kier alpha value is -3.23. The van der Waals surface area contributed by atoms with Crippen molar-refractivity contribution < 1.29 is 13.9 Å². The second kappa shape index (κ2) is 8.13. The Bertz CT molecular complexity index is 1170. The molecule has 1 saturated carbocycles. The number of halogens is 1. The summed E-state index contributed by atoms with van der Waals surface area (Å²) in [4.78, 5) is 36.6. The number of aromatic amines is 1. The van der Waals surface area contributed by atoms with Gasteiger partial charge in [-0.3, -0.25) is 4.57 Å². The lowest BCUT2D eigenvalue weighted by atomic mass is 9.95. The number of carbonyl (C=O) groups is 1. The van der Waals surface area contributed by atoms with Crippen LogP contribution in [-0.2, 0) is 4.74 Å². The third-order valence-electron chi connectivity index (χ3n) is 5.08. The number of nitrogens with one attached hydrogen (secondary N) is 2. The molecule has 0 bridgehead atoms. The van der Waals surface area contributed by atoms with E-state index in [2.05, 4.69) is 26.7 Å². The maximum Gasteiger partial charge on any atom is 0.340 e. The fraction of sp³-hybridized carbons (Fsp3) is 0.409. The van der Waals surface area contributed by atoms with Gasteiger partial charge in [0.1, 0.15) is 16.9 Å². The predicted octanol–water partition coefficient (Wildman–Crippen LogP) is 4.28. The second-order valence-electron chi connectivity index (χ2n) is 8.65. The molecule has 2 heterocycles. The highest BCUT2D eigenvalue weighted by molar-refractivity contribution is 5.96. The van der Waals surface area contributed by atoms with Gasteiger partial charge in [0.2, 0.25) is 5.95 Å². The lowest BCUT2D eigenvalue weighted by molar-refractivity contribution is 0.00707. The van der Waals surface area contributed by atoms with Gasteiger partial charge in [-0.1, -0.05) is 0 Å². The number of fused-ring (bicyclic) bond motifs is 1. The topological polar surface area (TPSA) is 102 Å². The van der Waals surface area contributed by atoms with Gasteiger partial charge in [-0.05, 0) is 71.1 Å². The highest BCUT2D eigenvalue weighted by Gasteiger charge is 2.23. The van der Waals surface area contributed by atoms with Crippen LogP contribution in [0.1, 0.15) is 62.9 Å². The molecule has 0 saturated heterocycles. The summed E-state index contributed by atoms with van der Waals surface area (Å²) < 4.78 is 21.0. The number of hydrogen-bond donors (Lipinski definition) is 2. The molecule has 1 aliphatic carbocycles. The van der Waals surface area contributed by atoms with Crippen molar-refractivity contribution in [2.75, 3.05) is 5.32 Å². The van der Waals surface area contributed by atoms with Crippen LogP contribution in [0.5, 0.6) is 0 Å². The van der Waals surface area contributed by atoms with Crippen molar-refractivity contribution in [3.63, 3.8) is 0 Å². The van der Waals surface area contributed by atoms with Crippen LogP contribution < -0.4 is 11.0 Å². The van der Waals surface area contributed by atoms with Crippen LogP contribution in [0.25, 0.3) is 11.2 Å². The van der Waals surface area contributed by atoms with Crippen molar-refractivity contribution in [1.82, 2.24) is 19.5 Å². The van der Waals surface area contributed by atoms with Gasteiger partial charge in [-0.2, -0.15) is 4.98 Å². The number of benzene rings is 1. The molecule has 1 aliphatic rings. The molecule has 0 atom stereocenters. The molecule has 163 valence electrons. The number of carbonyl (C=O) groups excluding carboxylic acids is 1. The average molecular weight is 426 g/mol. The molecule has 4 rings (SSSR count). The number of hydrogen-bond acceptors (Lipinski definition) is 6. The molecule has 9 heteroatoms. The molecule has 1 radical (unpaired) electrons. The van der Waals surface area contributed by atoms with Crippen molar-refractivity contribution in [2.24, 2.45) is 0 Å². The first-order valence-electron chi connectivity index (χ1n) is 10.3. The summed E-state index contributed by atoms with van der Waals surface area (Å²) in [6.45, 7) is 5.27.